The molecule has 1 saturated carbocycles. The molecule has 0 radical (unpaired) electrons. The van der Waals surface area contributed by atoms with Crippen molar-refractivity contribution in [2.24, 2.45) is 11.8 Å². The van der Waals surface area contributed by atoms with Crippen LogP contribution in [0.5, 0.6) is 0 Å². The number of nitrogens with one attached hydrogen (secondary N) is 1. The predicted octanol–water partition coefficient (Wildman–Crippen LogP) is 1.64. The highest BCUT2D eigenvalue weighted by molar-refractivity contribution is 4.77. The van der Waals surface area contributed by atoms with E-state index in [2.05, 4.69) is 12.2 Å². The van der Waals surface area contributed by atoms with Crippen molar-refractivity contribution in [1.29, 1.82) is 0 Å². The van der Waals surface area contributed by atoms with Crippen LogP contribution in [-0.4, -0.2) is 13.6 Å². The molecule has 0 saturated heterocycles. The first-order valence-corrected chi connectivity index (χ1v) is 3.99. The molecule has 1 aliphatic carbocycles. The minimum Gasteiger partial charge on any atom is -0.320 e. The molecule has 1 unspecified atom stereocenters. The Morgan fingerprint density at radius 2 is 2.22 bits per heavy atom. The summed E-state index contributed by atoms with van der Waals surface area (Å²) in [5.41, 5.74) is 0. The number of rotatable bonds is 3. The van der Waals surface area contributed by atoms with Gasteiger partial charge < -0.3 is 5.32 Å². The minimum atomic E-state index is 1.01. The molecule has 0 aromatic heterocycles. The summed E-state index contributed by atoms with van der Waals surface area (Å²) in [4.78, 5) is 0. The van der Waals surface area contributed by atoms with E-state index in [1.165, 1.54) is 25.8 Å². The molecule has 0 aromatic rings. The Morgan fingerprint density at radius 1 is 1.44 bits per heavy atom. The van der Waals surface area contributed by atoms with Gasteiger partial charge in [-0.3, -0.25) is 0 Å². The second-order valence-corrected chi connectivity index (χ2v) is 3.21. The first-order chi connectivity index (χ1) is 4.34. The average Bonchev–Trinajstić information content (AvgIpc) is 1.86. The summed E-state index contributed by atoms with van der Waals surface area (Å²) in [5.74, 6) is 2.05. The van der Waals surface area contributed by atoms with E-state index in [9.17, 15) is 0 Å². The largest absolute Gasteiger partial charge is 0.320 e. The van der Waals surface area contributed by atoms with Crippen LogP contribution in [0.4, 0.5) is 0 Å². The fraction of sp³-hybridized carbons (Fsp3) is 1.00. The Kier molecular flexibility index (Phi) is 2.52. The van der Waals surface area contributed by atoms with E-state index in [1.54, 1.807) is 0 Å². The summed E-state index contributed by atoms with van der Waals surface area (Å²) in [6.07, 6.45) is 4.33. The van der Waals surface area contributed by atoms with Crippen molar-refractivity contribution in [3.05, 3.63) is 0 Å². The van der Waals surface area contributed by atoms with Crippen LogP contribution in [0.2, 0.25) is 0 Å². The molecule has 2 atom stereocenters. The van der Waals surface area contributed by atoms with E-state index in [0.29, 0.717) is 0 Å². The SMILES string of the molecule is CNCC[C@@H]1CCC1C. The Bertz CT molecular complexity index is 80.6. The van der Waals surface area contributed by atoms with Crippen molar-refractivity contribution in [1.82, 2.24) is 5.32 Å². The maximum Gasteiger partial charge on any atom is -0.00492 e. The third-order valence-corrected chi connectivity index (χ3v) is 2.56. The lowest BCUT2D eigenvalue weighted by Gasteiger charge is -2.33. The number of hydrogen-bond acceptors (Lipinski definition) is 1. The van der Waals surface area contributed by atoms with Gasteiger partial charge in [-0.2, -0.15) is 0 Å². The standard InChI is InChI=1S/C8H17N/c1-7-3-4-8(7)5-6-9-2/h7-9H,3-6H2,1-2H3/t7?,8-/m0/s1. The van der Waals surface area contributed by atoms with Crippen LogP contribution in [0, 0.1) is 11.8 Å². The smallest absolute Gasteiger partial charge is 0.00492 e. The van der Waals surface area contributed by atoms with Crippen LogP contribution in [-0.2, 0) is 0 Å². The van der Waals surface area contributed by atoms with Gasteiger partial charge in [-0.05, 0) is 38.3 Å². The second-order valence-electron chi connectivity index (χ2n) is 3.21. The monoisotopic (exact) mass is 127 g/mol. The lowest BCUT2D eigenvalue weighted by atomic mass is 9.73. The molecular formula is C8H17N. The molecular weight excluding hydrogens is 110 g/mol. The van der Waals surface area contributed by atoms with E-state index in [4.69, 9.17) is 0 Å². The first kappa shape index (κ1) is 7.07. The molecule has 1 rings (SSSR count). The van der Waals surface area contributed by atoms with Crippen LogP contribution in [0.25, 0.3) is 0 Å². The first-order valence-electron chi connectivity index (χ1n) is 3.99. The highest BCUT2D eigenvalue weighted by Gasteiger charge is 2.25. The summed E-state index contributed by atoms with van der Waals surface area (Å²) in [5, 5.41) is 3.19. The molecule has 0 aromatic carbocycles. The van der Waals surface area contributed by atoms with Crippen molar-refractivity contribution in [2.75, 3.05) is 13.6 Å². The predicted molar refractivity (Wildman–Crippen MR) is 40.4 cm³/mol. The quantitative estimate of drug-likeness (QED) is 0.607. The fourth-order valence-corrected chi connectivity index (χ4v) is 1.49. The van der Waals surface area contributed by atoms with Gasteiger partial charge in [0.25, 0.3) is 0 Å². The highest BCUT2D eigenvalue weighted by Crippen LogP contribution is 2.35. The third kappa shape index (κ3) is 1.68. The zero-order valence-corrected chi connectivity index (χ0v) is 6.48. The molecule has 9 heavy (non-hydrogen) atoms. The molecule has 0 aliphatic heterocycles. The zero-order chi connectivity index (χ0) is 6.69. The van der Waals surface area contributed by atoms with Crippen molar-refractivity contribution < 1.29 is 0 Å². The maximum atomic E-state index is 3.19. The van der Waals surface area contributed by atoms with E-state index < -0.39 is 0 Å². The molecule has 0 bridgehead atoms. The summed E-state index contributed by atoms with van der Waals surface area (Å²) in [6.45, 7) is 3.57. The van der Waals surface area contributed by atoms with Gasteiger partial charge in [-0.15, -0.1) is 0 Å². The Hall–Kier alpha value is -0.0400. The van der Waals surface area contributed by atoms with Crippen LogP contribution in [0.1, 0.15) is 26.2 Å². The molecule has 0 spiro atoms. The van der Waals surface area contributed by atoms with Crippen LogP contribution >= 0.6 is 0 Å². The Labute approximate surface area is 57.8 Å². The van der Waals surface area contributed by atoms with Gasteiger partial charge in [-0.1, -0.05) is 13.3 Å². The van der Waals surface area contributed by atoms with Crippen molar-refractivity contribution in [3.63, 3.8) is 0 Å². The maximum absolute atomic E-state index is 3.19. The molecule has 1 fully saturated rings. The fourth-order valence-electron chi connectivity index (χ4n) is 1.49. The minimum absolute atomic E-state index is 1.01. The van der Waals surface area contributed by atoms with Gasteiger partial charge in [-0.25, -0.2) is 0 Å². The van der Waals surface area contributed by atoms with Crippen molar-refractivity contribution >= 4 is 0 Å². The number of hydrogen-bond donors (Lipinski definition) is 1. The third-order valence-electron chi connectivity index (χ3n) is 2.56. The zero-order valence-electron chi connectivity index (χ0n) is 6.48. The average molecular weight is 127 g/mol. The molecule has 0 amide bonds. The normalized spacial score (nSPS) is 34.0. The van der Waals surface area contributed by atoms with Gasteiger partial charge in [0.15, 0.2) is 0 Å². The van der Waals surface area contributed by atoms with Crippen LogP contribution in [0.3, 0.4) is 0 Å². The lowest BCUT2D eigenvalue weighted by molar-refractivity contribution is 0.183. The van der Waals surface area contributed by atoms with Gasteiger partial charge in [0.05, 0.1) is 0 Å². The summed E-state index contributed by atoms with van der Waals surface area (Å²) < 4.78 is 0. The second kappa shape index (κ2) is 3.21. The molecule has 54 valence electrons. The van der Waals surface area contributed by atoms with E-state index in [-0.39, 0.29) is 0 Å². The topological polar surface area (TPSA) is 12.0 Å². The highest BCUT2D eigenvalue weighted by atomic mass is 14.8. The van der Waals surface area contributed by atoms with Gasteiger partial charge >= 0.3 is 0 Å². The molecule has 1 nitrogen and oxygen atoms in total. The van der Waals surface area contributed by atoms with Crippen LogP contribution < -0.4 is 5.32 Å². The summed E-state index contributed by atoms with van der Waals surface area (Å²) in [7, 11) is 2.03. The molecule has 1 heteroatoms. The van der Waals surface area contributed by atoms with E-state index in [1.807, 2.05) is 7.05 Å². The molecule has 1 N–H and O–H groups in total. The summed E-state index contributed by atoms with van der Waals surface area (Å²) >= 11 is 0. The van der Waals surface area contributed by atoms with Crippen molar-refractivity contribution in [2.45, 2.75) is 26.2 Å². The van der Waals surface area contributed by atoms with E-state index in [0.717, 1.165) is 11.8 Å². The lowest BCUT2D eigenvalue weighted by Crippen LogP contribution is -2.26. The molecule has 1 aliphatic rings. The Balaban J connectivity index is 1.99. The van der Waals surface area contributed by atoms with Gasteiger partial charge in [0.2, 0.25) is 0 Å². The van der Waals surface area contributed by atoms with Crippen LogP contribution in [0.15, 0.2) is 0 Å². The summed E-state index contributed by atoms with van der Waals surface area (Å²) in [6, 6.07) is 0. The van der Waals surface area contributed by atoms with E-state index >= 15 is 0 Å². The Morgan fingerprint density at radius 3 is 2.56 bits per heavy atom. The van der Waals surface area contributed by atoms with Gasteiger partial charge in [0.1, 0.15) is 0 Å². The van der Waals surface area contributed by atoms with Gasteiger partial charge in [0, 0.05) is 0 Å². The molecule has 0 heterocycles. The van der Waals surface area contributed by atoms with Crippen molar-refractivity contribution in [3.8, 4) is 0 Å².